The van der Waals surface area contributed by atoms with Crippen molar-refractivity contribution in [1.82, 2.24) is 20.6 Å². The fourth-order valence-electron chi connectivity index (χ4n) is 1.95. The van der Waals surface area contributed by atoms with Crippen molar-refractivity contribution in [3.05, 3.63) is 18.2 Å². The Labute approximate surface area is 95.0 Å². The Hall–Kier alpha value is -1.36. The number of hydrogen-bond donors (Lipinski definition) is 3. The van der Waals surface area contributed by atoms with Crippen LogP contribution in [-0.4, -0.2) is 35.5 Å². The molecule has 1 fully saturated rings. The van der Waals surface area contributed by atoms with Crippen molar-refractivity contribution >= 4 is 5.91 Å². The van der Waals surface area contributed by atoms with Gasteiger partial charge in [-0.15, -0.1) is 0 Å². The zero-order chi connectivity index (χ0) is 11.4. The first kappa shape index (κ1) is 11.1. The number of aromatic amines is 1. The molecule has 0 aliphatic carbocycles. The summed E-state index contributed by atoms with van der Waals surface area (Å²) in [5, 5.41) is 6.18. The monoisotopic (exact) mass is 222 g/mol. The predicted octanol–water partition coefficient (Wildman–Crippen LogP) is 0.0680. The van der Waals surface area contributed by atoms with Crippen LogP contribution in [-0.2, 0) is 11.2 Å². The van der Waals surface area contributed by atoms with Crippen LogP contribution in [0.15, 0.2) is 12.4 Å². The summed E-state index contributed by atoms with van der Waals surface area (Å²) in [5.74, 6) is 1.05. The molecule has 1 aliphatic heterocycles. The molecule has 1 aromatic rings. The van der Waals surface area contributed by atoms with Gasteiger partial charge in [-0.05, 0) is 19.9 Å². The van der Waals surface area contributed by atoms with E-state index in [9.17, 15) is 4.79 Å². The molecule has 0 saturated carbocycles. The zero-order valence-electron chi connectivity index (χ0n) is 9.55. The number of amides is 1. The zero-order valence-corrected chi connectivity index (χ0v) is 9.55. The normalized spacial score (nSPS) is 24.6. The van der Waals surface area contributed by atoms with E-state index in [1.807, 2.05) is 6.92 Å². The van der Waals surface area contributed by atoms with Crippen molar-refractivity contribution in [2.45, 2.75) is 19.8 Å². The SMILES string of the molecule is CC1(C(=O)NCCc2ncc[nH]2)CCNC1. The van der Waals surface area contributed by atoms with E-state index in [1.165, 1.54) is 0 Å². The number of aromatic nitrogens is 2. The molecule has 1 aliphatic rings. The lowest BCUT2D eigenvalue weighted by Crippen LogP contribution is -2.41. The van der Waals surface area contributed by atoms with Crippen molar-refractivity contribution in [2.24, 2.45) is 5.41 Å². The first-order valence-corrected chi connectivity index (χ1v) is 5.68. The summed E-state index contributed by atoms with van der Waals surface area (Å²) in [4.78, 5) is 19.0. The maximum absolute atomic E-state index is 11.9. The van der Waals surface area contributed by atoms with E-state index in [1.54, 1.807) is 12.4 Å². The second kappa shape index (κ2) is 4.65. The van der Waals surface area contributed by atoms with E-state index in [-0.39, 0.29) is 11.3 Å². The Morgan fingerprint density at radius 2 is 2.56 bits per heavy atom. The first-order valence-electron chi connectivity index (χ1n) is 5.68. The highest BCUT2D eigenvalue weighted by Crippen LogP contribution is 2.24. The molecular formula is C11H18N4O. The molecule has 1 aromatic heterocycles. The number of carbonyl (C=O) groups is 1. The van der Waals surface area contributed by atoms with Crippen molar-refractivity contribution in [3.63, 3.8) is 0 Å². The average Bonchev–Trinajstić information content (AvgIpc) is 2.90. The van der Waals surface area contributed by atoms with Gasteiger partial charge in [0.1, 0.15) is 5.82 Å². The van der Waals surface area contributed by atoms with E-state index in [0.717, 1.165) is 31.8 Å². The van der Waals surface area contributed by atoms with Crippen molar-refractivity contribution in [2.75, 3.05) is 19.6 Å². The molecule has 1 unspecified atom stereocenters. The lowest BCUT2D eigenvalue weighted by molar-refractivity contribution is -0.129. The minimum absolute atomic E-state index is 0.143. The van der Waals surface area contributed by atoms with Gasteiger partial charge in [0.2, 0.25) is 5.91 Å². The maximum atomic E-state index is 11.9. The third-order valence-electron chi connectivity index (χ3n) is 3.12. The molecule has 5 nitrogen and oxygen atoms in total. The number of hydrogen-bond acceptors (Lipinski definition) is 3. The van der Waals surface area contributed by atoms with Crippen LogP contribution in [0, 0.1) is 5.41 Å². The molecule has 16 heavy (non-hydrogen) atoms. The van der Waals surface area contributed by atoms with E-state index < -0.39 is 0 Å². The number of carbonyl (C=O) groups excluding carboxylic acids is 1. The van der Waals surface area contributed by atoms with E-state index in [2.05, 4.69) is 20.6 Å². The molecule has 1 saturated heterocycles. The molecular weight excluding hydrogens is 204 g/mol. The van der Waals surface area contributed by atoms with Gasteiger partial charge in [0.05, 0.1) is 5.41 Å². The molecule has 1 atom stereocenters. The molecule has 0 spiro atoms. The van der Waals surface area contributed by atoms with Gasteiger partial charge in [-0.3, -0.25) is 4.79 Å². The van der Waals surface area contributed by atoms with Crippen LogP contribution in [0.2, 0.25) is 0 Å². The standard InChI is InChI=1S/C11H18N4O/c1-11(3-5-12-8-11)10(16)15-4-2-9-13-6-7-14-9/h6-7,12H,2-5,8H2,1H3,(H,13,14)(H,15,16). The van der Waals surface area contributed by atoms with Crippen LogP contribution >= 0.6 is 0 Å². The Bertz CT molecular complexity index is 341. The maximum Gasteiger partial charge on any atom is 0.227 e. The minimum Gasteiger partial charge on any atom is -0.355 e. The van der Waals surface area contributed by atoms with Crippen molar-refractivity contribution in [3.8, 4) is 0 Å². The molecule has 2 rings (SSSR count). The molecule has 88 valence electrons. The Kier molecular flexibility index (Phi) is 3.24. The summed E-state index contributed by atoms with van der Waals surface area (Å²) in [7, 11) is 0. The number of imidazole rings is 1. The summed E-state index contributed by atoms with van der Waals surface area (Å²) in [6, 6.07) is 0. The van der Waals surface area contributed by atoms with Gasteiger partial charge in [-0.2, -0.15) is 0 Å². The quantitative estimate of drug-likeness (QED) is 0.675. The minimum atomic E-state index is -0.233. The predicted molar refractivity (Wildman–Crippen MR) is 60.9 cm³/mol. The third kappa shape index (κ3) is 2.41. The fraction of sp³-hybridized carbons (Fsp3) is 0.636. The summed E-state index contributed by atoms with van der Waals surface area (Å²) in [6.07, 6.45) is 5.18. The smallest absolute Gasteiger partial charge is 0.227 e. The number of rotatable bonds is 4. The number of H-pyrrole nitrogens is 1. The van der Waals surface area contributed by atoms with Gasteiger partial charge in [0.25, 0.3) is 0 Å². The summed E-state index contributed by atoms with van der Waals surface area (Å²) in [5.41, 5.74) is -0.233. The van der Waals surface area contributed by atoms with Crippen molar-refractivity contribution < 1.29 is 4.79 Å². The van der Waals surface area contributed by atoms with E-state index in [4.69, 9.17) is 0 Å². The van der Waals surface area contributed by atoms with Gasteiger partial charge in [-0.25, -0.2) is 4.98 Å². The van der Waals surface area contributed by atoms with Crippen LogP contribution < -0.4 is 10.6 Å². The summed E-state index contributed by atoms with van der Waals surface area (Å²) < 4.78 is 0. The largest absolute Gasteiger partial charge is 0.355 e. The second-order valence-electron chi connectivity index (χ2n) is 4.53. The molecule has 2 heterocycles. The van der Waals surface area contributed by atoms with Crippen molar-refractivity contribution in [1.29, 1.82) is 0 Å². The molecule has 5 heteroatoms. The molecule has 1 amide bonds. The topological polar surface area (TPSA) is 69.8 Å². The molecule has 0 bridgehead atoms. The van der Waals surface area contributed by atoms with Crippen LogP contribution in [0.25, 0.3) is 0 Å². The molecule has 0 aromatic carbocycles. The van der Waals surface area contributed by atoms with Gasteiger partial charge in [0.15, 0.2) is 0 Å². The average molecular weight is 222 g/mol. The number of nitrogens with one attached hydrogen (secondary N) is 3. The third-order valence-corrected chi connectivity index (χ3v) is 3.12. The Morgan fingerprint density at radius 1 is 1.69 bits per heavy atom. The molecule has 3 N–H and O–H groups in total. The second-order valence-corrected chi connectivity index (χ2v) is 4.53. The Morgan fingerprint density at radius 3 is 3.19 bits per heavy atom. The Balaban J connectivity index is 1.75. The lowest BCUT2D eigenvalue weighted by atomic mass is 9.89. The van der Waals surface area contributed by atoms with E-state index >= 15 is 0 Å². The highest BCUT2D eigenvalue weighted by atomic mass is 16.2. The van der Waals surface area contributed by atoms with Gasteiger partial charge in [-0.1, -0.05) is 0 Å². The lowest BCUT2D eigenvalue weighted by Gasteiger charge is -2.21. The summed E-state index contributed by atoms with van der Waals surface area (Å²) >= 11 is 0. The van der Waals surface area contributed by atoms with Gasteiger partial charge in [0, 0.05) is 31.9 Å². The van der Waals surface area contributed by atoms with Gasteiger partial charge < -0.3 is 15.6 Å². The van der Waals surface area contributed by atoms with Crippen LogP contribution in [0.4, 0.5) is 0 Å². The van der Waals surface area contributed by atoms with Crippen LogP contribution in [0.1, 0.15) is 19.2 Å². The summed E-state index contributed by atoms with van der Waals surface area (Å²) in [6.45, 7) is 4.36. The van der Waals surface area contributed by atoms with E-state index in [0.29, 0.717) is 6.54 Å². The van der Waals surface area contributed by atoms with Crippen LogP contribution in [0.3, 0.4) is 0 Å². The first-order chi connectivity index (χ1) is 7.71. The highest BCUT2D eigenvalue weighted by Gasteiger charge is 2.35. The van der Waals surface area contributed by atoms with Crippen LogP contribution in [0.5, 0.6) is 0 Å². The molecule has 0 radical (unpaired) electrons. The van der Waals surface area contributed by atoms with Gasteiger partial charge >= 0.3 is 0 Å². The highest BCUT2D eigenvalue weighted by molar-refractivity contribution is 5.82. The number of nitrogens with zero attached hydrogens (tertiary/aromatic N) is 1. The fourth-order valence-corrected chi connectivity index (χ4v) is 1.95.